The van der Waals surface area contributed by atoms with Crippen LogP contribution in [0.1, 0.15) is 95.8 Å². The molecule has 0 aliphatic carbocycles. The van der Waals surface area contributed by atoms with Crippen LogP contribution in [0.15, 0.2) is 72.8 Å². The van der Waals surface area contributed by atoms with E-state index in [2.05, 4.69) is 33.0 Å². The number of aromatic nitrogens is 3. The van der Waals surface area contributed by atoms with Gasteiger partial charge in [-0.15, -0.1) is 0 Å². The molecule has 4 aromatic rings. The van der Waals surface area contributed by atoms with E-state index in [0.29, 0.717) is 72.7 Å². The second-order valence-electron chi connectivity index (χ2n) is 12.8. The first-order valence-electron chi connectivity index (χ1n) is 18.4. The van der Waals surface area contributed by atoms with Crippen molar-refractivity contribution in [3.63, 3.8) is 0 Å². The molecule has 10 nitrogen and oxygen atoms in total. The number of carbonyl (C=O) groups excluding carboxylic acids is 1. The van der Waals surface area contributed by atoms with Gasteiger partial charge in [-0.1, -0.05) is 66.2 Å². The topological polar surface area (TPSA) is 114 Å². The summed E-state index contributed by atoms with van der Waals surface area (Å²) in [6, 6.07) is 22.2. The first-order valence-corrected chi connectivity index (χ1v) is 18.4. The van der Waals surface area contributed by atoms with Gasteiger partial charge < -0.3 is 19.8 Å². The number of benzene rings is 3. The van der Waals surface area contributed by atoms with Gasteiger partial charge in [0.1, 0.15) is 0 Å². The van der Waals surface area contributed by atoms with Crippen molar-refractivity contribution in [2.75, 3.05) is 32.2 Å². The first-order chi connectivity index (χ1) is 25.0. The predicted octanol–water partition coefficient (Wildman–Crippen LogP) is 10.2. The number of Topliss-reactive ketones (excluding diaryl/α,β-unsaturated/α-hetero) is 1. The lowest BCUT2D eigenvalue weighted by Crippen LogP contribution is -2.11. The molecule has 274 valence electrons. The van der Waals surface area contributed by atoms with Gasteiger partial charge in [0.25, 0.3) is 0 Å². The molecule has 1 N–H and O–H groups in total. The third-order valence-corrected chi connectivity index (χ3v) is 8.86. The predicted molar refractivity (Wildman–Crippen MR) is 201 cm³/mol. The Kier molecular flexibility index (Phi) is 16.8. The fourth-order valence-corrected chi connectivity index (χ4v) is 5.41. The number of hydrogen-bond donors (Lipinski definition) is 1. The maximum Gasteiger partial charge on any atom is 0.231 e. The summed E-state index contributed by atoms with van der Waals surface area (Å²) in [5, 5.41) is 3.29. The second kappa shape index (κ2) is 21.8. The quantitative estimate of drug-likeness (QED) is 0.0431. The van der Waals surface area contributed by atoms with E-state index in [9.17, 15) is 4.79 Å². The molecular formula is C41H54N4O6. The van der Waals surface area contributed by atoms with E-state index in [4.69, 9.17) is 39.2 Å². The van der Waals surface area contributed by atoms with Crippen molar-refractivity contribution >= 4 is 17.4 Å². The summed E-state index contributed by atoms with van der Waals surface area (Å²) >= 11 is 0. The Hall–Kier alpha value is -4.38. The van der Waals surface area contributed by atoms with E-state index in [1.54, 1.807) is 19.2 Å². The summed E-state index contributed by atoms with van der Waals surface area (Å²) in [4.78, 5) is 49.2. The van der Waals surface area contributed by atoms with E-state index < -0.39 is 0 Å². The standard InChI is InChI=1S/C41H54N4O6/c1-6-10-12-30(8-3)28-48-50-36-22-16-33(17-23-36)39-43-40(34-18-24-37(25-19-34)51-49-29-31(9-4)13-11-7-2)45-41(44-39)42-35-20-14-32(15-21-35)38(46)26-27-47-5/h14-25,30-31H,6-13,26-29H2,1-5H3,(H,42,43,44,45). The molecule has 0 saturated carbocycles. The van der Waals surface area contributed by atoms with Crippen LogP contribution in [0.4, 0.5) is 11.6 Å². The molecule has 0 fully saturated rings. The van der Waals surface area contributed by atoms with Crippen LogP contribution >= 0.6 is 0 Å². The Bertz CT molecular complexity index is 1500. The Morgan fingerprint density at radius 3 is 1.59 bits per heavy atom. The lowest BCUT2D eigenvalue weighted by atomic mass is 10.0. The van der Waals surface area contributed by atoms with Crippen LogP contribution in [-0.2, 0) is 14.5 Å². The molecule has 2 atom stereocenters. The van der Waals surface area contributed by atoms with E-state index in [-0.39, 0.29) is 5.78 Å². The Labute approximate surface area is 303 Å². The van der Waals surface area contributed by atoms with Crippen LogP contribution in [0.3, 0.4) is 0 Å². The number of nitrogens with zero attached hydrogens (tertiary/aromatic N) is 3. The molecule has 1 aromatic heterocycles. The normalized spacial score (nSPS) is 12.3. The highest BCUT2D eigenvalue weighted by Gasteiger charge is 2.14. The number of rotatable bonds is 24. The zero-order valence-corrected chi connectivity index (χ0v) is 30.9. The zero-order valence-electron chi connectivity index (χ0n) is 30.9. The highest BCUT2D eigenvalue weighted by Crippen LogP contribution is 2.27. The molecule has 0 bridgehead atoms. The zero-order chi connectivity index (χ0) is 36.3. The van der Waals surface area contributed by atoms with Gasteiger partial charge in [-0.25, -0.2) is 4.98 Å². The van der Waals surface area contributed by atoms with Crippen LogP contribution in [-0.4, -0.2) is 47.7 Å². The molecule has 0 saturated heterocycles. The van der Waals surface area contributed by atoms with Crippen molar-refractivity contribution < 1.29 is 29.1 Å². The third-order valence-electron chi connectivity index (χ3n) is 8.86. The van der Waals surface area contributed by atoms with E-state index in [1.165, 1.54) is 25.7 Å². The summed E-state index contributed by atoms with van der Waals surface area (Å²) in [5.41, 5.74) is 2.91. The molecule has 0 spiro atoms. The molecule has 1 heterocycles. The maximum atomic E-state index is 12.4. The summed E-state index contributed by atoms with van der Waals surface area (Å²) in [7, 11) is 1.58. The second-order valence-corrected chi connectivity index (χ2v) is 12.8. The average Bonchev–Trinajstić information content (AvgIpc) is 3.17. The van der Waals surface area contributed by atoms with Gasteiger partial charge in [-0.05, 0) is 97.5 Å². The fraction of sp³-hybridized carbons (Fsp3) is 0.463. The number of methoxy groups -OCH3 is 1. The van der Waals surface area contributed by atoms with Crippen LogP contribution < -0.4 is 15.1 Å². The lowest BCUT2D eigenvalue weighted by Gasteiger charge is -2.14. The van der Waals surface area contributed by atoms with Crippen molar-refractivity contribution in [3.05, 3.63) is 78.4 Å². The van der Waals surface area contributed by atoms with Gasteiger partial charge in [0.15, 0.2) is 28.9 Å². The monoisotopic (exact) mass is 698 g/mol. The molecule has 0 aliphatic rings. The number of anilines is 2. The van der Waals surface area contributed by atoms with Gasteiger partial charge >= 0.3 is 0 Å². The number of hydrogen-bond acceptors (Lipinski definition) is 10. The smallest absolute Gasteiger partial charge is 0.231 e. The van der Waals surface area contributed by atoms with Gasteiger partial charge in [-0.3, -0.25) is 4.79 Å². The minimum Gasteiger partial charge on any atom is -0.384 e. The molecule has 0 aliphatic heterocycles. The van der Waals surface area contributed by atoms with E-state index in [1.807, 2.05) is 60.7 Å². The first kappa shape index (κ1) is 39.4. The van der Waals surface area contributed by atoms with Crippen molar-refractivity contribution in [3.8, 4) is 34.3 Å². The Morgan fingerprint density at radius 1 is 0.667 bits per heavy atom. The van der Waals surface area contributed by atoms with Gasteiger partial charge in [-0.2, -0.15) is 19.7 Å². The third kappa shape index (κ3) is 13.0. The lowest BCUT2D eigenvalue weighted by molar-refractivity contribution is -0.217. The van der Waals surface area contributed by atoms with Gasteiger partial charge in [0, 0.05) is 35.9 Å². The van der Waals surface area contributed by atoms with Crippen molar-refractivity contribution in [1.82, 2.24) is 15.0 Å². The molecular weight excluding hydrogens is 644 g/mol. The maximum absolute atomic E-state index is 12.4. The Balaban J connectivity index is 1.51. The minimum atomic E-state index is 0.0205. The van der Waals surface area contributed by atoms with E-state index in [0.717, 1.165) is 42.5 Å². The highest BCUT2D eigenvalue weighted by atomic mass is 17.2. The molecule has 0 amide bonds. The molecule has 0 radical (unpaired) electrons. The highest BCUT2D eigenvalue weighted by molar-refractivity contribution is 5.96. The number of carbonyl (C=O) groups is 1. The van der Waals surface area contributed by atoms with E-state index >= 15 is 0 Å². The van der Waals surface area contributed by atoms with Crippen LogP contribution in [0.5, 0.6) is 11.5 Å². The number of ketones is 1. The van der Waals surface area contributed by atoms with Crippen LogP contribution in [0, 0.1) is 11.8 Å². The molecule has 4 rings (SSSR count). The molecule has 2 unspecified atom stereocenters. The van der Waals surface area contributed by atoms with Crippen molar-refractivity contribution in [2.24, 2.45) is 11.8 Å². The van der Waals surface area contributed by atoms with Crippen LogP contribution in [0.25, 0.3) is 22.8 Å². The summed E-state index contributed by atoms with van der Waals surface area (Å²) < 4.78 is 5.05. The average molecular weight is 699 g/mol. The van der Waals surface area contributed by atoms with Gasteiger partial charge in [0.05, 0.1) is 19.8 Å². The molecule has 3 aromatic carbocycles. The van der Waals surface area contributed by atoms with Crippen molar-refractivity contribution in [2.45, 2.75) is 85.5 Å². The SMILES string of the molecule is CCCCC(CC)COOc1ccc(-c2nc(Nc3ccc(C(=O)CCOC)cc3)nc(-c3ccc(OOCC(CC)CCCC)cc3)n2)cc1. The molecule has 51 heavy (non-hydrogen) atoms. The summed E-state index contributed by atoms with van der Waals surface area (Å²) in [6.07, 6.45) is 9.41. The number of ether oxygens (including phenoxy) is 1. The summed E-state index contributed by atoms with van der Waals surface area (Å²) in [6.45, 7) is 10.3. The Morgan fingerprint density at radius 2 is 1.16 bits per heavy atom. The molecule has 10 heteroatoms. The summed E-state index contributed by atoms with van der Waals surface area (Å²) in [5.74, 6) is 3.49. The van der Waals surface area contributed by atoms with Gasteiger partial charge in [0.2, 0.25) is 5.95 Å². The largest absolute Gasteiger partial charge is 0.384 e. The van der Waals surface area contributed by atoms with Crippen LogP contribution in [0.2, 0.25) is 0 Å². The van der Waals surface area contributed by atoms with Crippen molar-refractivity contribution in [1.29, 1.82) is 0 Å². The minimum absolute atomic E-state index is 0.0205. The number of nitrogens with one attached hydrogen (secondary N) is 1. The fourth-order valence-electron chi connectivity index (χ4n) is 5.41. The number of unbranched alkanes of at least 4 members (excludes halogenated alkanes) is 2.